The largest absolute Gasteiger partial charge is 0.387 e. The van der Waals surface area contributed by atoms with Gasteiger partial charge in [0.2, 0.25) is 0 Å². The monoisotopic (exact) mass is 251 g/mol. The number of rotatable bonds is 3. The summed E-state index contributed by atoms with van der Waals surface area (Å²) in [5.74, 6) is -0.431. The lowest BCUT2D eigenvalue weighted by atomic mass is 10.3. The van der Waals surface area contributed by atoms with Crippen LogP contribution in [0.3, 0.4) is 0 Å². The third-order valence-corrected chi connectivity index (χ3v) is 2.52. The molecule has 1 aromatic heterocycles. The molecule has 0 aliphatic heterocycles. The smallest absolute Gasteiger partial charge is 0.141 e. The van der Waals surface area contributed by atoms with Gasteiger partial charge in [0.05, 0.1) is 28.8 Å². The van der Waals surface area contributed by atoms with E-state index >= 15 is 0 Å². The molecule has 1 heterocycles. The van der Waals surface area contributed by atoms with Crippen LogP contribution in [0.25, 0.3) is 0 Å². The summed E-state index contributed by atoms with van der Waals surface area (Å²) in [5, 5.41) is 6.17. The molecule has 0 bridgehead atoms. The van der Waals surface area contributed by atoms with Crippen molar-refractivity contribution in [2.75, 3.05) is 17.7 Å². The Labute approximate surface area is 104 Å². The molecule has 0 fully saturated rings. The molecule has 1 aromatic carbocycles. The van der Waals surface area contributed by atoms with Crippen LogP contribution < -0.4 is 10.6 Å². The Hall–Kier alpha value is -1.81. The van der Waals surface area contributed by atoms with Crippen LogP contribution in [-0.2, 0) is 0 Å². The molecule has 5 heteroatoms. The van der Waals surface area contributed by atoms with Gasteiger partial charge < -0.3 is 10.6 Å². The van der Waals surface area contributed by atoms with Gasteiger partial charge in [-0.3, -0.25) is 4.98 Å². The van der Waals surface area contributed by atoms with Crippen molar-refractivity contribution in [2.45, 2.75) is 0 Å². The molecule has 0 saturated heterocycles. The van der Waals surface area contributed by atoms with E-state index in [0.717, 1.165) is 11.4 Å². The number of anilines is 3. The highest BCUT2D eigenvalue weighted by atomic mass is 35.5. The fraction of sp³-hybridized carbons (Fsp3) is 0.0833. The lowest BCUT2D eigenvalue weighted by Crippen LogP contribution is -1.94. The number of hydrogen-bond donors (Lipinski definition) is 2. The SMILES string of the molecule is CNc1cncc(Nc2ccc(F)c(Cl)c2)c1. The Morgan fingerprint density at radius 2 is 1.88 bits per heavy atom. The molecular weight excluding hydrogens is 241 g/mol. The number of hydrogen-bond acceptors (Lipinski definition) is 3. The number of pyridine rings is 1. The van der Waals surface area contributed by atoms with E-state index in [-0.39, 0.29) is 5.02 Å². The predicted octanol–water partition coefficient (Wildman–Crippen LogP) is 3.66. The van der Waals surface area contributed by atoms with Gasteiger partial charge in [-0.2, -0.15) is 0 Å². The second kappa shape index (κ2) is 5.01. The van der Waals surface area contributed by atoms with Crippen molar-refractivity contribution in [3.8, 4) is 0 Å². The van der Waals surface area contributed by atoms with E-state index in [4.69, 9.17) is 11.6 Å². The Bertz CT molecular complexity index is 531. The molecule has 0 atom stereocenters. The number of aromatic nitrogens is 1. The molecule has 17 heavy (non-hydrogen) atoms. The molecule has 0 saturated carbocycles. The van der Waals surface area contributed by atoms with Gasteiger partial charge in [0, 0.05) is 12.7 Å². The minimum Gasteiger partial charge on any atom is -0.387 e. The molecule has 0 unspecified atom stereocenters. The van der Waals surface area contributed by atoms with Crippen LogP contribution in [0.4, 0.5) is 21.5 Å². The third kappa shape index (κ3) is 2.85. The van der Waals surface area contributed by atoms with Crippen molar-refractivity contribution in [2.24, 2.45) is 0 Å². The van der Waals surface area contributed by atoms with Crippen molar-refractivity contribution in [3.05, 3.63) is 47.5 Å². The van der Waals surface area contributed by atoms with E-state index in [2.05, 4.69) is 15.6 Å². The number of nitrogens with one attached hydrogen (secondary N) is 2. The molecule has 0 aliphatic carbocycles. The molecule has 88 valence electrons. The van der Waals surface area contributed by atoms with E-state index in [1.54, 1.807) is 18.5 Å². The van der Waals surface area contributed by atoms with Gasteiger partial charge >= 0.3 is 0 Å². The van der Waals surface area contributed by atoms with E-state index in [9.17, 15) is 4.39 Å². The summed E-state index contributed by atoms with van der Waals surface area (Å²) in [5.41, 5.74) is 2.41. The van der Waals surface area contributed by atoms with Gasteiger partial charge in [0.25, 0.3) is 0 Å². The summed E-state index contributed by atoms with van der Waals surface area (Å²) in [6.45, 7) is 0. The van der Waals surface area contributed by atoms with Crippen molar-refractivity contribution in [1.82, 2.24) is 4.98 Å². The van der Waals surface area contributed by atoms with E-state index in [0.29, 0.717) is 5.69 Å². The normalized spacial score (nSPS) is 10.1. The fourth-order valence-corrected chi connectivity index (χ4v) is 1.57. The lowest BCUT2D eigenvalue weighted by Gasteiger charge is -2.08. The van der Waals surface area contributed by atoms with Gasteiger partial charge in [-0.1, -0.05) is 11.6 Å². The Morgan fingerprint density at radius 1 is 1.12 bits per heavy atom. The second-order valence-electron chi connectivity index (χ2n) is 3.47. The van der Waals surface area contributed by atoms with Crippen LogP contribution in [0.2, 0.25) is 5.02 Å². The van der Waals surface area contributed by atoms with Crippen LogP contribution in [-0.4, -0.2) is 12.0 Å². The average Bonchev–Trinajstić information content (AvgIpc) is 2.34. The highest BCUT2D eigenvalue weighted by molar-refractivity contribution is 6.31. The highest BCUT2D eigenvalue weighted by Gasteiger charge is 2.01. The Kier molecular flexibility index (Phi) is 3.44. The average molecular weight is 252 g/mol. The van der Waals surface area contributed by atoms with Gasteiger partial charge in [0.1, 0.15) is 5.82 Å². The van der Waals surface area contributed by atoms with Crippen molar-refractivity contribution in [1.29, 1.82) is 0 Å². The maximum Gasteiger partial charge on any atom is 0.141 e. The molecule has 0 aliphatic rings. The van der Waals surface area contributed by atoms with Gasteiger partial charge in [-0.25, -0.2) is 4.39 Å². The van der Waals surface area contributed by atoms with E-state index in [1.807, 2.05) is 13.1 Å². The zero-order chi connectivity index (χ0) is 12.3. The van der Waals surface area contributed by atoms with E-state index in [1.165, 1.54) is 12.1 Å². The van der Waals surface area contributed by atoms with Crippen molar-refractivity contribution < 1.29 is 4.39 Å². The number of nitrogens with zero attached hydrogens (tertiary/aromatic N) is 1. The molecular formula is C12H11ClFN3. The quantitative estimate of drug-likeness (QED) is 0.874. The lowest BCUT2D eigenvalue weighted by molar-refractivity contribution is 0.628. The fourth-order valence-electron chi connectivity index (χ4n) is 1.39. The highest BCUT2D eigenvalue weighted by Crippen LogP contribution is 2.23. The number of benzene rings is 1. The van der Waals surface area contributed by atoms with Crippen LogP contribution in [0.5, 0.6) is 0 Å². The van der Waals surface area contributed by atoms with Crippen LogP contribution in [0.1, 0.15) is 0 Å². The first-order valence-corrected chi connectivity index (χ1v) is 5.42. The van der Waals surface area contributed by atoms with Crippen molar-refractivity contribution >= 4 is 28.7 Å². The van der Waals surface area contributed by atoms with E-state index < -0.39 is 5.82 Å². The van der Waals surface area contributed by atoms with Crippen LogP contribution >= 0.6 is 11.6 Å². The molecule has 2 aromatic rings. The number of halogens is 2. The molecule has 0 radical (unpaired) electrons. The van der Waals surface area contributed by atoms with Gasteiger partial charge in [-0.15, -0.1) is 0 Å². The first-order valence-electron chi connectivity index (χ1n) is 5.04. The predicted molar refractivity (Wildman–Crippen MR) is 68.5 cm³/mol. The first kappa shape index (κ1) is 11.7. The van der Waals surface area contributed by atoms with Crippen LogP contribution in [0.15, 0.2) is 36.7 Å². The van der Waals surface area contributed by atoms with Gasteiger partial charge in [-0.05, 0) is 24.3 Å². The second-order valence-corrected chi connectivity index (χ2v) is 3.87. The molecule has 2 N–H and O–H groups in total. The Balaban J connectivity index is 2.22. The Morgan fingerprint density at radius 3 is 2.59 bits per heavy atom. The molecule has 2 rings (SSSR count). The zero-order valence-corrected chi connectivity index (χ0v) is 9.92. The summed E-state index contributed by atoms with van der Waals surface area (Å²) in [4.78, 5) is 4.06. The summed E-state index contributed by atoms with van der Waals surface area (Å²) in [6, 6.07) is 6.36. The summed E-state index contributed by atoms with van der Waals surface area (Å²) in [7, 11) is 1.82. The summed E-state index contributed by atoms with van der Waals surface area (Å²) in [6.07, 6.45) is 3.39. The minimum absolute atomic E-state index is 0.0905. The van der Waals surface area contributed by atoms with Crippen LogP contribution in [0, 0.1) is 5.82 Å². The third-order valence-electron chi connectivity index (χ3n) is 2.24. The standard InChI is InChI=1S/C12H11ClFN3/c1-15-9-4-10(7-16-6-9)17-8-2-3-12(14)11(13)5-8/h2-7,15,17H,1H3. The first-order chi connectivity index (χ1) is 8.19. The zero-order valence-electron chi connectivity index (χ0n) is 9.17. The molecule has 0 spiro atoms. The molecule has 3 nitrogen and oxygen atoms in total. The summed E-state index contributed by atoms with van der Waals surface area (Å²) >= 11 is 5.70. The topological polar surface area (TPSA) is 37.0 Å². The maximum absolute atomic E-state index is 13.0. The summed E-state index contributed by atoms with van der Waals surface area (Å²) < 4.78 is 13.0. The minimum atomic E-state index is -0.431. The van der Waals surface area contributed by atoms with Crippen molar-refractivity contribution in [3.63, 3.8) is 0 Å². The molecule has 0 amide bonds. The van der Waals surface area contributed by atoms with Gasteiger partial charge in [0.15, 0.2) is 0 Å². The maximum atomic E-state index is 13.0.